The molecule has 2 N–H and O–H groups in total. The van der Waals surface area contributed by atoms with Crippen LogP contribution in [0.4, 0.5) is 11.4 Å². The van der Waals surface area contributed by atoms with Crippen molar-refractivity contribution in [2.24, 2.45) is 0 Å². The SMILES string of the molecule is CCN(CC)c1ccc(NC(=O)c2ccc(C(=O)NCCCN(C)C)cc2)cc1. The Labute approximate surface area is 173 Å². The van der Waals surface area contributed by atoms with Gasteiger partial charge in [-0.2, -0.15) is 0 Å². The number of rotatable bonds is 10. The normalized spacial score (nSPS) is 10.7. The van der Waals surface area contributed by atoms with Crippen molar-refractivity contribution < 1.29 is 9.59 Å². The largest absolute Gasteiger partial charge is 0.372 e. The Morgan fingerprint density at radius 3 is 1.90 bits per heavy atom. The van der Waals surface area contributed by atoms with Gasteiger partial charge in [-0.1, -0.05) is 0 Å². The summed E-state index contributed by atoms with van der Waals surface area (Å²) in [5.74, 6) is -0.318. The van der Waals surface area contributed by atoms with Crippen LogP contribution in [0.25, 0.3) is 0 Å². The number of carbonyl (C=O) groups excluding carboxylic acids is 2. The monoisotopic (exact) mass is 396 g/mol. The molecule has 2 amide bonds. The van der Waals surface area contributed by atoms with Crippen molar-refractivity contribution in [3.63, 3.8) is 0 Å². The number of benzene rings is 2. The molecule has 0 aliphatic carbocycles. The van der Waals surface area contributed by atoms with Crippen LogP contribution in [-0.4, -0.2) is 57.0 Å². The van der Waals surface area contributed by atoms with E-state index in [2.05, 4.69) is 34.3 Å². The minimum absolute atomic E-state index is 0.122. The van der Waals surface area contributed by atoms with E-state index in [0.29, 0.717) is 17.7 Å². The molecule has 6 heteroatoms. The first-order valence-corrected chi connectivity index (χ1v) is 10.1. The van der Waals surface area contributed by atoms with Crippen molar-refractivity contribution in [1.82, 2.24) is 10.2 Å². The Morgan fingerprint density at radius 2 is 1.38 bits per heavy atom. The third-order valence-electron chi connectivity index (χ3n) is 4.73. The molecule has 0 bridgehead atoms. The van der Waals surface area contributed by atoms with E-state index in [1.54, 1.807) is 24.3 Å². The molecule has 6 nitrogen and oxygen atoms in total. The van der Waals surface area contributed by atoms with Gasteiger partial charge in [-0.25, -0.2) is 0 Å². The fourth-order valence-electron chi connectivity index (χ4n) is 3.02. The van der Waals surface area contributed by atoms with Crippen molar-refractivity contribution in [1.29, 1.82) is 0 Å². The van der Waals surface area contributed by atoms with Gasteiger partial charge in [-0.15, -0.1) is 0 Å². The first-order chi connectivity index (χ1) is 13.9. The van der Waals surface area contributed by atoms with E-state index >= 15 is 0 Å². The molecule has 2 rings (SSSR count). The molecule has 0 atom stereocenters. The van der Waals surface area contributed by atoms with Gasteiger partial charge in [0.2, 0.25) is 0 Å². The minimum Gasteiger partial charge on any atom is -0.372 e. The average molecular weight is 397 g/mol. The molecule has 0 aromatic heterocycles. The second-order valence-electron chi connectivity index (χ2n) is 7.16. The molecule has 2 aromatic rings. The second-order valence-corrected chi connectivity index (χ2v) is 7.16. The fraction of sp³-hybridized carbons (Fsp3) is 0.391. The van der Waals surface area contributed by atoms with Gasteiger partial charge in [0.05, 0.1) is 0 Å². The summed E-state index contributed by atoms with van der Waals surface area (Å²) in [6.07, 6.45) is 0.895. The van der Waals surface area contributed by atoms with Crippen molar-refractivity contribution in [3.8, 4) is 0 Å². The van der Waals surface area contributed by atoms with Crippen LogP contribution >= 0.6 is 0 Å². The summed E-state index contributed by atoms with van der Waals surface area (Å²) in [6.45, 7) is 7.67. The van der Waals surface area contributed by atoms with E-state index in [4.69, 9.17) is 0 Å². The average Bonchev–Trinajstić information content (AvgIpc) is 2.73. The van der Waals surface area contributed by atoms with E-state index in [-0.39, 0.29) is 11.8 Å². The first kappa shape index (κ1) is 22.4. The van der Waals surface area contributed by atoms with Gasteiger partial charge in [-0.05, 0) is 89.4 Å². The Kier molecular flexibility index (Phi) is 8.68. The third-order valence-corrected chi connectivity index (χ3v) is 4.73. The van der Waals surface area contributed by atoms with Crippen molar-refractivity contribution in [3.05, 3.63) is 59.7 Å². The van der Waals surface area contributed by atoms with Gasteiger partial charge in [0.15, 0.2) is 0 Å². The van der Waals surface area contributed by atoms with Crippen LogP contribution in [0, 0.1) is 0 Å². The zero-order chi connectivity index (χ0) is 21.2. The molecular weight excluding hydrogens is 364 g/mol. The van der Waals surface area contributed by atoms with Gasteiger partial charge in [0.1, 0.15) is 0 Å². The van der Waals surface area contributed by atoms with E-state index in [1.807, 2.05) is 38.4 Å². The van der Waals surface area contributed by atoms with E-state index < -0.39 is 0 Å². The lowest BCUT2D eigenvalue weighted by Gasteiger charge is -2.21. The number of amides is 2. The Morgan fingerprint density at radius 1 is 0.828 bits per heavy atom. The summed E-state index contributed by atoms with van der Waals surface area (Å²) in [5.41, 5.74) is 2.94. The highest BCUT2D eigenvalue weighted by atomic mass is 16.2. The molecule has 0 saturated carbocycles. The van der Waals surface area contributed by atoms with Gasteiger partial charge >= 0.3 is 0 Å². The highest BCUT2D eigenvalue weighted by molar-refractivity contribution is 6.05. The maximum atomic E-state index is 12.5. The molecule has 2 aromatic carbocycles. The van der Waals surface area contributed by atoms with Crippen LogP contribution in [0.3, 0.4) is 0 Å². The van der Waals surface area contributed by atoms with E-state index in [1.165, 1.54) is 0 Å². The van der Waals surface area contributed by atoms with E-state index in [9.17, 15) is 9.59 Å². The van der Waals surface area contributed by atoms with Gasteiger partial charge in [0.25, 0.3) is 11.8 Å². The number of nitrogens with zero attached hydrogens (tertiary/aromatic N) is 2. The first-order valence-electron chi connectivity index (χ1n) is 10.1. The Balaban J connectivity index is 1.90. The predicted octanol–water partition coefficient (Wildman–Crippen LogP) is 3.47. The molecule has 29 heavy (non-hydrogen) atoms. The van der Waals surface area contributed by atoms with Crippen molar-refractivity contribution in [2.45, 2.75) is 20.3 Å². The number of nitrogens with one attached hydrogen (secondary N) is 2. The Hall–Kier alpha value is -2.86. The molecule has 0 heterocycles. The quantitative estimate of drug-likeness (QED) is 0.604. The van der Waals surface area contributed by atoms with Crippen LogP contribution in [0.15, 0.2) is 48.5 Å². The summed E-state index contributed by atoms with van der Waals surface area (Å²) in [4.78, 5) is 29.0. The summed E-state index contributed by atoms with van der Waals surface area (Å²) in [6, 6.07) is 14.5. The summed E-state index contributed by atoms with van der Waals surface area (Å²) in [7, 11) is 4.01. The zero-order valence-electron chi connectivity index (χ0n) is 17.9. The molecule has 0 aliphatic heterocycles. The number of carbonyl (C=O) groups is 2. The van der Waals surface area contributed by atoms with Crippen LogP contribution in [0.5, 0.6) is 0 Å². The predicted molar refractivity (Wildman–Crippen MR) is 120 cm³/mol. The fourth-order valence-corrected chi connectivity index (χ4v) is 3.02. The smallest absolute Gasteiger partial charge is 0.255 e. The lowest BCUT2D eigenvalue weighted by molar-refractivity contribution is 0.0950. The van der Waals surface area contributed by atoms with E-state index in [0.717, 1.165) is 37.4 Å². The minimum atomic E-state index is -0.196. The summed E-state index contributed by atoms with van der Waals surface area (Å²) < 4.78 is 0. The maximum Gasteiger partial charge on any atom is 0.255 e. The number of hydrogen-bond donors (Lipinski definition) is 2. The van der Waals surface area contributed by atoms with Gasteiger partial charge < -0.3 is 20.4 Å². The summed E-state index contributed by atoms with van der Waals surface area (Å²) in [5, 5.41) is 5.80. The molecule has 0 unspecified atom stereocenters. The molecular formula is C23H32N4O2. The topological polar surface area (TPSA) is 64.7 Å². The molecule has 0 saturated heterocycles. The molecule has 156 valence electrons. The third kappa shape index (κ3) is 6.91. The number of anilines is 2. The van der Waals surface area contributed by atoms with Crippen LogP contribution < -0.4 is 15.5 Å². The highest BCUT2D eigenvalue weighted by Gasteiger charge is 2.10. The lowest BCUT2D eigenvalue weighted by Crippen LogP contribution is -2.27. The van der Waals surface area contributed by atoms with Crippen molar-refractivity contribution in [2.75, 3.05) is 50.5 Å². The van der Waals surface area contributed by atoms with Gasteiger partial charge in [-0.3, -0.25) is 9.59 Å². The molecule has 0 fully saturated rings. The van der Waals surface area contributed by atoms with Crippen LogP contribution in [0.1, 0.15) is 41.0 Å². The maximum absolute atomic E-state index is 12.5. The van der Waals surface area contributed by atoms with Crippen LogP contribution in [0.2, 0.25) is 0 Å². The zero-order valence-corrected chi connectivity index (χ0v) is 17.9. The van der Waals surface area contributed by atoms with Gasteiger partial charge in [0, 0.05) is 42.1 Å². The Bertz CT molecular complexity index is 782. The number of hydrogen-bond acceptors (Lipinski definition) is 4. The van der Waals surface area contributed by atoms with Crippen LogP contribution in [-0.2, 0) is 0 Å². The molecule has 0 aliphatic rings. The lowest BCUT2D eigenvalue weighted by atomic mass is 10.1. The highest BCUT2D eigenvalue weighted by Crippen LogP contribution is 2.18. The molecule has 0 radical (unpaired) electrons. The molecule has 0 spiro atoms. The standard InChI is InChI=1S/C23H32N4O2/c1-5-27(6-2)21-14-12-20(13-15-21)25-23(29)19-10-8-18(9-11-19)22(28)24-16-7-17-26(3)4/h8-15H,5-7,16-17H2,1-4H3,(H,24,28)(H,25,29). The second kappa shape index (κ2) is 11.2. The van der Waals surface area contributed by atoms with Crippen molar-refractivity contribution >= 4 is 23.2 Å². The summed E-state index contributed by atoms with van der Waals surface area (Å²) >= 11 is 0.